The predicted molar refractivity (Wildman–Crippen MR) is 142 cm³/mol. The number of nitriles is 1. The highest BCUT2D eigenvalue weighted by molar-refractivity contribution is 6.05. The highest BCUT2D eigenvalue weighted by atomic mass is 16.3. The molecule has 0 radical (unpaired) electrons. The number of phenols is 1. The molecule has 1 amide bonds. The van der Waals surface area contributed by atoms with Crippen molar-refractivity contribution in [3.63, 3.8) is 0 Å². The summed E-state index contributed by atoms with van der Waals surface area (Å²) < 4.78 is 0. The first-order valence-electron chi connectivity index (χ1n) is 13.4. The van der Waals surface area contributed by atoms with Crippen LogP contribution in [-0.4, -0.2) is 47.0 Å². The van der Waals surface area contributed by atoms with Crippen LogP contribution in [-0.2, 0) is 6.54 Å². The minimum atomic E-state index is -0.340. The summed E-state index contributed by atoms with van der Waals surface area (Å²) in [6, 6.07) is 14.1. The van der Waals surface area contributed by atoms with Gasteiger partial charge in [-0.25, -0.2) is 0 Å². The van der Waals surface area contributed by atoms with E-state index in [2.05, 4.69) is 21.2 Å². The molecule has 1 saturated heterocycles. The van der Waals surface area contributed by atoms with E-state index in [4.69, 9.17) is 5.26 Å². The van der Waals surface area contributed by atoms with Crippen molar-refractivity contribution >= 4 is 11.6 Å². The monoisotopic (exact) mass is 484 g/mol. The van der Waals surface area contributed by atoms with Gasteiger partial charge in [0.2, 0.25) is 0 Å². The highest BCUT2D eigenvalue weighted by Crippen LogP contribution is 2.40. The topological polar surface area (TPSA) is 79.6 Å². The average molecular weight is 485 g/mol. The molecule has 1 aliphatic heterocycles. The Morgan fingerprint density at radius 1 is 1.00 bits per heavy atom. The number of allylic oxidation sites excluding steroid dienone is 2. The maximum Gasteiger partial charge on any atom is 0.255 e. The van der Waals surface area contributed by atoms with Gasteiger partial charge in [-0.2, -0.15) is 5.26 Å². The van der Waals surface area contributed by atoms with E-state index in [0.29, 0.717) is 23.4 Å². The molecule has 1 heterocycles. The molecule has 3 aliphatic rings. The molecule has 188 valence electrons. The third-order valence-corrected chi connectivity index (χ3v) is 8.04. The van der Waals surface area contributed by atoms with Crippen molar-refractivity contribution in [1.29, 1.82) is 5.26 Å². The van der Waals surface area contributed by atoms with Crippen LogP contribution in [0.2, 0.25) is 0 Å². The van der Waals surface area contributed by atoms with E-state index in [1.54, 1.807) is 41.6 Å². The third-order valence-electron chi connectivity index (χ3n) is 8.04. The molecule has 2 aliphatic carbocycles. The zero-order chi connectivity index (χ0) is 24.9. The van der Waals surface area contributed by atoms with Crippen molar-refractivity contribution in [2.75, 3.05) is 31.5 Å². The Morgan fingerprint density at radius 2 is 1.75 bits per heavy atom. The number of nitrogens with zero attached hydrogens (tertiary/aromatic N) is 3. The number of para-hydroxylation sites is 1. The zero-order valence-corrected chi connectivity index (χ0v) is 21.0. The number of hydrogen-bond donors (Lipinski definition) is 2. The van der Waals surface area contributed by atoms with Gasteiger partial charge in [-0.3, -0.25) is 9.69 Å². The van der Waals surface area contributed by atoms with E-state index >= 15 is 0 Å². The molecule has 5 rings (SSSR count). The minimum absolute atomic E-state index is 0.115. The zero-order valence-electron chi connectivity index (χ0n) is 21.0. The van der Waals surface area contributed by atoms with E-state index in [9.17, 15) is 9.90 Å². The Balaban J connectivity index is 1.21. The van der Waals surface area contributed by atoms with Crippen LogP contribution in [0.1, 0.15) is 72.9 Å². The van der Waals surface area contributed by atoms with Gasteiger partial charge < -0.3 is 15.3 Å². The number of amides is 1. The lowest BCUT2D eigenvalue weighted by Crippen LogP contribution is -2.47. The fourth-order valence-electron chi connectivity index (χ4n) is 5.89. The predicted octanol–water partition coefficient (Wildman–Crippen LogP) is 5.65. The van der Waals surface area contributed by atoms with Crippen LogP contribution < -0.4 is 5.32 Å². The van der Waals surface area contributed by atoms with Crippen LogP contribution in [0, 0.1) is 17.2 Å². The number of piperazine rings is 1. The molecule has 2 saturated carbocycles. The lowest BCUT2D eigenvalue weighted by atomic mass is 9.79. The first-order chi connectivity index (χ1) is 17.6. The molecule has 36 heavy (non-hydrogen) atoms. The first-order valence-corrected chi connectivity index (χ1v) is 13.4. The molecule has 0 bridgehead atoms. The number of phenolic OH excluding ortho intramolecular Hbond substituents is 1. The van der Waals surface area contributed by atoms with Gasteiger partial charge in [0.15, 0.2) is 0 Å². The Kier molecular flexibility index (Phi) is 7.58. The number of rotatable bonds is 6. The van der Waals surface area contributed by atoms with Crippen molar-refractivity contribution in [1.82, 2.24) is 9.80 Å². The maximum absolute atomic E-state index is 12.7. The number of benzene rings is 2. The summed E-state index contributed by atoms with van der Waals surface area (Å²) >= 11 is 0. The standard InChI is InChI=1S/C30H36N4O2/c31-20-22-7-4-12-25(19-22)30(36)32-27-14-6-13-26(29(27)35)21-33-15-17-34(18-16-33)28(24-10-5-11-24)23-8-2-1-3-9-23/h4,6-7,12-14,19,23,35H,1-3,5,8-11,15-18,21H2,(H,32,36). The maximum atomic E-state index is 12.7. The van der Waals surface area contributed by atoms with Gasteiger partial charge in [0, 0.05) is 49.5 Å². The Morgan fingerprint density at radius 3 is 2.44 bits per heavy atom. The molecule has 2 N–H and O–H groups in total. The molecule has 0 spiro atoms. The lowest BCUT2D eigenvalue weighted by Gasteiger charge is -2.43. The van der Waals surface area contributed by atoms with E-state index in [1.807, 2.05) is 12.1 Å². The van der Waals surface area contributed by atoms with Crippen LogP contribution in [0.4, 0.5) is 5.69 Å². The number of carbonyl (C=O) groups is 1. The molecule has 0 unspecified atom stereocenters. The summed E-state index contributed by atoms with van der Waals surface area (Å²) in [6.45, 7) is 4.69. The van der Waals surface area contributed by atoms with Crippen LogP contribution in [0.5, 0.6) is 5.75 Å². The van der Waals surface area contributed by atoms with E-state index in [0.717, 1.165) is 37.7 Å². The third kappa shape index (κ3) is 5.42. The second-order valence-corrected chi connectivity index (χ2v) is 10.4. The van der Waals surface area contributed by atoms with Gasteiger partial charge in [0.25, 0.3) is 5.91 Å². The van der Waals surface area contributed by atoms with Gasteiger partial charge in [-0.15, -0.1) is 0 Å². The highest BCUT2D eigenvalue weighted by Gasteiger charge is 2.30. The van der Waals surface area contributed by atoms with E-state index in [-0.39, 0.29) is 11.7 Å². The van der Waals surface area contributed by atoms with Crippen molar-refractivity contribution in [3.05, 3.63) is 70.4 Å². The average Bonchev–Trinajstić information content (AvgIpc) is 2.89. The summed E-state index contributed by atoms with van der Waals surface area (Å²) in [5.74, 6) is 0.537. The molecule has 0 atom stereocenters. The Hall–Kier alpha value is -3.30. The normalized spacial score (nSPS) is 18.9. The summed E-state index contributed by atoms with van der Waals surface area (Å²) in [5, 5.41) is 22.8. The fourth-order valence-corrected chi connectivity index (χ4v) is 5.89. The molecular formula is C30H36N4O2. The van der Waals surface area contributed by atoms with Gasteiger partial charge >= 0.3 is 0 Å². The fraction of sp³-hybridized carbons (Fsp3) is 0.467. The van der Waals surface area contributed by atoms with Gasteiger partial charge in [0.1, 0.15) is 5.75 Å². The van der Waals surface area contributed by atoms with Crippen molar-refractivity contribution in [2.45, 2.75) is 57.9 Å². The van der Waals surface area contributed by atoms with E-state index < -0.39 is 0 Å². The van der Waals surface area contributed by atoms with Crippen LogP contribution >= 0.6 is 0 Å². The SMILES string of the molecule is N#Cc1cccc(C(=O)Nc2cccc(CN3CCN(C(=C4CCC4)C4CCCCC4)CC3)c2O)c1. The van der Waals surface area contributed by atoms with Crippen LogP contribution in [0.25, 0.3) is 0 Å². The van der Waals surface area contributed by atoms with Crippen LogP contribution in [0.3, 0.4) is 0 Å². The second-order valence-electron chi connectivity index (χ2n) is 10.4. The Bertz CT molecular complexity index is 1160. The number of nitrogens with one attached hydrogen (secondary N) is 1. The summed E-state index contributed by atoms with van der Waals surface area (Å²) in [7, 11) is 0. The molecule has 0 aromatic heterocycles. The molecule has 2 aromatic carbocycles. The molecule has 3 fully saturated rings. The molecule has 6 nitrogen and oxygen atoms in total. The van der Waals surface area contributed by atoms with Crippen molar-refractivity contribution < 1.29 is 9.90 Å². The molecular weight excluding hydrogens is 448 g/mol. The van der Waals surface area contributed by atoms with E-state index in [1.165, 1.54) is 51.4 Å². The molecule has 6 heteroatoms. The quantitative estimate of drug-likeness (QED) is 0.518. The number of carbonyl (C=O) groups excluding carboxylic acids is 1. The number of anilines is 1. The summed E-state index contributed by atoms with van der Waals surface area (Å²) in [6.07, 6.45) is 10.8. The summed E-state index contributed by atoms with van der Waals surface area (Å²) in [4.78, 5) is 17.8. The number of hydrogen-bond acceptors (Lipinski definition) is 5. The minimum Gasteiger partial charge on any atom is -0.505 e. The van der Waals surface area contributed by atoms with Crippen LogP contribution in [0.15, 0.2) is 53.7 Å². The molecule has 2 aromatic rings. The van der Waals surface area contributed by atoms with Crippen molar-refractivity contribution in [2.24, 2.45) is 5.92 Å². The lowest BCUT2D eigenvalue weighted by molar-refractivity contribution is 0.102. The summed E-state index contributed by atoms with van der Waals surface area (Å²) in [5.41, 5.74) is 5.44. The second kappa shape index (κ2) is 11.2. The van der Waals surface area contributed by atoms with Gasteiger partial charge in [0.05, 0.1) is 17.3 Å². The van der Waals surface area contributed by atoms with Gasteiger partial charge in [-0.1, -0.05) is 43.0 Å². The van der Waals surface area contributed by atoms with Gasteiger partial charge in [-0.05, 0) is 62.3 Å². The smallest absolute Gasteiger partial charge is 0.255 e. The largest absolute Gasteiger partial charge is 0.505 e. The first kappa shape index (κ1) is 24.4. The number of aromatic hydroxyl groups is 1. The Labute approximate surface area is 214 Å². The van der Waals surface area contributed by atoms with Crippen molar-refractivity contribution in [3.8, 4) is 11.8 Å².